The Morgan fingerprint density at radius 1 is 1.16 bits per heavy atom. The molecule has 0 atom stereocenters. The molecule has 2 rings (SSSR count). The Morgan fingerprint density at radius 2 is 1.95 bits per heavy atom. The second kappa shape index (κ2) is 5.74. The highest BCUT2D eigenvalue weighted by molar-refractivity contribution is 5.51. The van der Waals surface area contributed by atoms with E-state index in [0.29, 0.717) is 12.1 Å². The number of hydrogen-bond acceptors (Lipinski definition) is 2. The van der Waals surface area contributed by atoms with Crippen molar-refractivity contribution >= 4 is 5.69 Å². The van der Waals surface area contributed by atoms with Crippen molar-refractivity contribution in [3.8, 4) is 5.75 Å². The molecule has 2 aromatic carbocycles. The van der Waals surface area contributed by atoms with Gasteiger partial charge in [0.15, 0.2) is 0 Å². The van der Waals surface area contributed by atoms with Crippen LogP contribution < -0.4 is 10.1 Å². The van der Waals surface area contributed by atoms with Gasteiger partial charge in [-0.2, -0.15) is 0 Å². The molecule has 0 radical (unpaired) electrons. The van der Waals surface area contributed by atoms with Crippen molar-refractivity contribution in [2.75, 3.05) is 12.4 Å². The van der Waals surface area contributed by atoms with Crippen LogP contribution in [0.1, 0.15) is 16.7 Å². The number of benzene rings is 2. The van der Waals surface area contributed by atoms with Gasteiger partial charge in [0.05, 0.1) is 7.11 Å². The van der Waals surface area contributed by atoms with Crippen LogP contribution >= 0.6 is 0 Å². The standard InChI is InChI=1S/C16H18FNO/c1-11-9-13(7-8-16(11)19-3)10-18-15-6-4-5-14(17)12(15)2/h4-9,18H,10H2,1-3H3. The minimum absolute atomic E-state index is 0.184. The Labute approximate surface area is 113 Å². The Hall–Kier alpha value is -2.03. The first kappa shape index (κ1) is 13.4. The van der Waals surface area contributed by atoms with E-state index in [1.54, 1.807) is 20.1 Å². The highest BCUT2D eigenvalue weighted by Gasteiger charge is 2.04. The van der Waals surface area contributed by atoms with Gasteiger partial charge in [-0.1, -0.05) is 18.2 Å². The van der Waals surface area contributed by atoms with E-state index in [1.165, 1.54) is 6.07 Å². The quantitative estimate of drug-likeness (QED) is 0.894. The Bertz CT molecular complexity index is 581. The predicted octanol–water partition coefficient (Wildman–Crippen LogP) is 4.06. The maximum absolute atomic E-state index is 13.4. The summed E-state index contributed by atoms with van der Waals surface area (Å²) in [5.41, 5.74) is 3.71. The van der Waals surface area contributed by atoms with E-state index >= 15 is 0 Å². The first-order valence-corrected chi connectivity index (χ1v) is 6.24. The smallest absolute Gasteiger partial charge is 0.128 e. The van der Waals surface area contributed by atoms with Gasteiger partial charge in [-0.3, -0.25) is 0 Å². The van der Waals surface area contributed by atoms with Crippen LogP contribution in [0.15, 0.2) is 36.4 Å². The number of ether oxygens (including phenoxy) is 1. The number of hydrogen-bond donors (Lipinski definition) is 1. The summed E-state index contributed by atoms with van der Waals surface area (Å²) < 4.78 is 18.6. The van der Waals surface area contributed by atoms with Gasteiger partial charge < -0.3 is 10.1 Å². The molecule has 0 aromatic heterocycles. The van der Waals surface area contributed by atoms with Gasteiger partial charge in [0.1, 0.15) is 11.6 Å². The molecule has 0 bridgehead atoms. The molecule has 0 saturated carbocycles. The van der Waals surface area contributed by atoms with Crippen LogP contribution in [0.25, 0.3) is 0 Å². The second-order valence-electron chi connectivity index (χ2n) is 4.57. The summed E-state index contributed by atoms with van der Waals surface area (Å²) in [6, 6.07) is 11.1. The number of rotatable bonds is 4. The van der Waals surface area contributed by atoms with E-state index in [4.69, 9.17) is 4.74 Å². The molecule has 0 aliphatic carbocycles. The van der Waals surface area contributed by atoms with Gasteiger partial charge in [-0.15, -0.1) is 0 Å². The van der Waals surface area contributed by atoms with Gasteiger partial charge in [-0.25, -0.2) is 4.39 Å². The summed E-state index contributed by atoms with van der Waals surface area (Å²) >= 11 is 0. The second-order valence-corrected chi connectivity index (χ2v) is 4.57. The summed E-state index contributed by atoms with van der Waals surface area (Å²) in [6.07, 6.45) is 0. The Kier molecular flexibility index (Phi) is 4.05. The van der Waals surface area contributed by atoms with Gasteiger partial charge in [0.25, 0.3) is 0 Å². The fourth-order valence-electron chi connectivity index (χ4n) is 2.05. The lowest BCUT2D eigenvalue weighted by molar-refractivity contribution is 0.411. The number of halogens is 1. The van der Waals surface area contributed by atoms with Crippen LogP contribution in [0.4, 0.5) is 10.1 Å². The van der Waals surface area contributed by atoms with Gasteiger partial charge in [0, 0.05) is 17.8 Å². The molecule has 0 saturated heterocycles. The molecule has 0 heterocycles. The molecule has 0 spiro atoms. The zero-order valence-electron chi connectivity index (χ0n) is 11.5. The zero-order chi connectivity index (χ0) is 13.8. The predicted molar refractivity (Wildman–Crippen MR) is 76.2 cm³/mol. The van der Waals surface area contributed by atoms with Crippen LogP contribution in [0.2, 0.25) is 0 Å². The number of methoxy groups -OCH3 is 1. The lowest BCUT2D eigenvalue weighted by Gasteiger charge is -2.11. The maximum atomic E-state index is 13.4. The highest BCUT2D eigenvalue weighted by Crippen LogP contribution is 2.21. The van der Waals surface area contributed by atoms with Crippen molar-refractivity contribution in [1.82, 2.24) is 0 Å². The molecule has 0 unspecified atom stereocenters. The molecular weight excluding hydrogens is 241 g/mol. The molecule has 0 fully saturated rings. The van der Waals surface area contributed by atoms with E-state index in [2.05, 4.69) is 11.4 Å². The van der Waals surface area contributed by atoms with Crippen LogP contribution in [-0.4, -0.2) is 7.11 Å². The summed E-state index contributed by atoms with van der Waals surface area (Å²) in [5, 5.41) is 3.25. The van der Waals surface area contributed by atoms with Gasteiger partial charge in [0.2, 0.25) is 0 Å². The third-order valence-electron chi connectivity index (χ3n) is 3.21. The topological polar surface area (TPSA) is 21.3 Å². The van der Waals surface area contributed by atoms with Crippen molar-refractivity contribution in [3.05, 3.63) is 58.9 Å². The number of anilines is 1. The molecule has 19 heavy (non-hydrogen) atoms. The normalized spacial score (nSPS) is 10.3. The van der Waals surface area contributed by atoms with E-state index in [-0.39, 0.29) is 5.82 Å². The van der Waals surface area contributed by atoms with Crippen LogP contribution in [0.3, 0.4) is 0 Å². The first-order valence-electron chi connectivity index (χ1n) is 6.24. The SMILES string of the molecule is COc1ccc(CNc2cccc(F)c2C)cc1C. The lowest BCUT2D eigenvalue weighted by atomic mass is 10.1. The number of aryl methyl sites for hydroxylation is 1. The molecule has 1 N–H and O–H groups in total. The Morgan fingerprint density at radius 3 is 2.63 bits per heavy atom. The van der Waals surface area contributed by atoms with E-state index < -0.39 is 0 Å². The highest BCUT2D eigenvalue weighted by atomic mass is 19.1. The summed E-state index contributed by atoms with van der Waals surface area (Å²) in [6.45, 7) is 4.45. The first-order chi connectivity index (χ1) is 9.11. The maximum Gasteiger partial charge on any atom is 0.128 e. The third-order valence-corrected chi connectivity index (χ3v) is 3.21. The molecule has 0 aliphatic heterocycles. The molecule has 2 nitrogen and oxygen atoms in total. The van der Waals surface area contributed by atoms with Crippen molar-refractivity contribution in [1.29, 1.82) is 0 Å². The number of nitrogens with one attached hydrogen (secondary N) is 1. The Balaban J connectivity index is 2.10. The van der Waals surface area contributed by atoms with Crippen molar-refractivity contribution < 1.29 is 9.13 Å². The van der Waals surface area contributed by atoms with E-state index in [9.17, 15) is 4.39 Å². The average Bonchev–Trinajstić information content (AvgIpc) is 2.40. The summed E-state index contributed by atoms with van der Waals surface area (Å²) in [7, 11) is 1.66. The minimum atomic E-state index is -0.184. The molecule has 3 heteroatoms. The largest absolute Gasteiger partial charge is 0.496 e. The summed E-state index contributed by atoms with van der Waals surface area (Å²) in [4.78, 5) is 0. The molecule has 100 valence electrons. The third kappa shape index (κ3) is 3.05. The molecule has 0 aliphatic rings. The molecule has 2 aromatic rings. The minimum Gasteiger partial charge on any atom is -0.496 e. The fourth-order valence-corrected chi connectivity index (χ4v) is 2.05. The van der Waals surface area contributed by atoms with Crippen LogP contribution in [0.5, 0.6) is 5.75 Å². The monoisotopic (exact) mass is 259 g/mol. The van der Waals surface area contributed by atoms with Crippen molar-refractivity contribution in [2.45, 2.75) is 20.4 Å². The van der Waals surface area contributed by atoms with Crippen molar-refractivity contribution in [3.63, 3.8) is 0 Å². The van der Waals surface area contributed by atoms with Crippen molar-refractivity contribution in [2.24, 2.45) is 0 Å². The van der Waals surface area contributed by atoms with E-state index in [1.807, 2.05) is 25.1 Å². The van der Waals surface area contributed by atoms with Gasteiger partial charge in [-0.05, 0) is 43.2 Å². The zero-order valence-corrected chi connectivity index (χ0v) is 11.5. The average molecular weight is 259 g/mol. The van der Waals surface area contributed by atoms with Crippen LogP contribution in [0, 0.1) is 19.7 Å². The molecular formula is C16H18FNO. The van der Waals surface area contributed by atoms with E-state index in [0.717, 1.165) is 22.6 Å². The van der Waals surface area contributed by atoms with Crippen LogP contribution in [-0.2, 0) is 6.54 Å². The molecule has 0 amide bonds. The van der Waals surface area contributed by atoms with Gasteiger partial charge >= 0.3 is 0 Å². The summed E-state index contributed by atoms with van der Waals surface area (Å²) in [5.74, 6) is 0.696. The lowest BCUT2D eigenvalue weighted by Crippen LogP contribution is -2.02. The fraction of sp³-hybridized carbons (Fsp3) is 0.250.